The van der Waals surface area contributed by atoms with E-state index < -0.39 is 0 Å². The molecule has 2 heteroatoms. The molecule has 10 heavy (non-hydrogen) atoms. The molecule has 54 valence electrons. The van der Waals surface area contributed by atoms with Crippen molar-refractivity contribution in [1.82, 2.24) is 0 Å². The smallest absolute Gasteiger partial charge is 0.373 e. The van der Waals surface area contributed by atoms with Crippen molar-refractivity contribution in [2.45, 2.75) is 26.2 Å². The van der Waals surface area contributed by atoms with Crippen LogP contribution in [0.15, 0.2) is 24.5 Å². The predicted molar refractivity (Wildman–Crippen MR) is 44.6 cm³/mol. The van der Waals surface area contributed by atoms with Crippen molar-refractivity contribution >= 4 is 8.05 Å². The fourth-order valence-corrected chi connectivity index (χ4v) is 0.587. The van der Waals surface area contributed by atoms with Crippen LogP contribution >= 0.6 is 0 Å². The molecule has 1 nitrogen and oxygen atoms in total. The number of hydrogen-bond acceptors (Lipinski definition) is 1. The molecule has 0 aromatic heterocycles. The molecule has 0 aromatic rings. The van der Waals surface area contributed by atoms with Gasteiger partial charge in [0.25, 0.3) is 0 Å². The molecular weight excluding hydrogens is 123 g/mol. The average molecular weight is 136 g/mol. The Morgan fingerprint density at radius 3 is 2.80 bits per heavy atom. The van der Waals surface area contributed by atoms with Crippen LogP contribution < -0.4 is 0 Å². The summed E-state index contributed by atoms with van der Waals surface area (Å²) >= 11 is 0. The Kier molecular flexibility index (Phi) is 7.80. The lowest BCUT2D eigenvalue weighted by molar-refractivity contribution is 0.535. The molecule has 0 heterocycles. The topological polar surface area (TPSA) is 9.23 Å². The van der Waals surface area contributed by atoms with Gasteiger partial charge in [0.1, 0.15) is 0 Å². The van der Waals surface area contributed by atoms with E-state index in [0.717, 1.165) is 6.42 Å². The first-order chi connectivity index (χ1) is 4.91. The van der Waals surface area contributed by atoms with Crippen molar-refractivity contribution in [2.24, 2.45) is 0 Å². The summed E-state index contributed by atoms with van der Waals surface area (Å²) in [5.74, 6) is 0. The molecule has 0 saturated carbocycles. The molecule has 0 aliphatic heterocycles. The van der Waals surface area contributed by atoms with Gasteiger partial charge in [-0.25, -0.2) is 0 Å². The van der Waals surface area contributed by atoms with Crippen LogP contribution in [0.1, 0.15) is 26.2 Å². The van der Waals surface area contributed by atoms with Crippen LogP contribution in [-0.2, 0) is 4.65 Å². The molecule has 0 unspecified atom stereocenters. The van der Waals surface area contributed by atoms with Gasteiger partial charge in [-0.05, 0) is 12.5 Å². The summed E-state index contributed by atoms with van der Waals surface area (Å²) in [6.07, 6.45) is 10.9. The number of hydrogen-bond donors (Lipinski definition) is 0. The van der Waals surface area contributed by atoms with E-state index in [9.17, 15) is 0 Å². The zero-order chi connectivity index (χ0) is 7.66. The lowest BCUT2D eigenvalue weighted by Crippen LogP contribution is -1.67. The molecule has 0 aliphatic carbocycles. The minimum atomic E-state index is 1.13. The normalized spacial score (nSPS) is 11.3. The monoisotopic (exact) mass is 136 g/mol. The molecule has 0 amide bonds. The molecule has 0 N–H and O–H groups in total. The third-order valence-electron chi connectivity index (χ3n) is 1.13. The molecule has 0 rings (SSSR count). The van der Waals surface area contributed by atoms with Crippen molar-refractivity contribution in [2.75, 3.05) is 0 Å². The Morgan fingerprint density at radius 2 is 2.20 bits per heavy atom. The fourth-order valence-electron chi connectivity index (χ4n) is 0.587. The van der Waals surface area contributed by atoms with Crippen molar-refractivity contribution in [3.63, 3.8) is 0 Å². The van der Waals surface area contributed by atoms with Crippen molar-refractivity contribution in [3.8, 4) is 0 Å². The van der Waals surface area contributed by atoms with Gasteiger partial charge in [-0.15, -0.1) is 0 Å². The maximum atomic E-state index is 4.75. The molecule has 0 aliphatic rings. The highest BCUT2D eigenvalue weighted by atomic mass is 16.4. The van der Waals surface area contributed by atoms with Gasteiger partial charge >= 0.3 is 8.05 Å². The second kappa shape index (κ2) is 8.34. The summed E-state index contributed by atoms with van der Waals surface area (Å²) in [5.41, 5.74) is 0. The van der Waals surface area contributed by atoms with Crippen molar-refractivity contribution in [3.05, 3.63) is 24.5 Å². The van der Waals surface area contributed by atoms with E-state index in [2.05, 4.69) is 17.7 Å². The molecule has 2 radical (unpaired) electrons. The third kappa shape index (κ3) is 7.34. The second-order valence-electron chi connectivity index (χ2n) is 2.03. The maximum absolute atomic E-state index is 4.75. The molecule has 0 fully saturated rings. The number of rotatable bonds is 5. The first-order valence-electron chi connectivity index (χ1n) is 3.59. The molecule has 0 spiro atoms. The van der Waals surface area contributed by atoms with Crippen LogP contribution in [0.4, 0.5) is 0 Å². The van der Waals surface area contributed by atoms with Crippen LogP contribution in [0.25, 0.3) is 0 Å². The molecule has 0 bridgehead atoms. The summed E-state index contributed by atoms with van der Waals surface area (Å²) in [6.45, 7) is 2.17. The Hall–Kier alpha value is -0.655. The van der Waals surface area contributed by atoms with Gasteiger partial charge in [-0.3, -0.25) is 0 Å². The zero-order valence-corrected chi connectivity index (χ0v) is 6.42. The SMILES string of the molecule is [B]OC=CC=CCCCC. The minimum absolute atomic E-state index is 1.13. The third-order valence-corrected chi connectivity index (χ3v) is 1.13. The van der Waals surface area contributed by atoms with Gasteiger partial charge in [0, 0.05) is 0 Å². The second-order valence-corrected chi connectivity index (χ2v) is 2.03. The van der Waals surface area contributed by atoms with Gasteiger partial charge in [-0.2, -0.15) is 0 Å². The van der Waals surface area contributed by atoms with Gasteiger partial charge in [0.15, 0.2) is 0 Å². The van der Waals surface area contributed by atoms with E-state index >= 15 is 0 Å². The molecular formula is C8H13BO. The molecule has 0 atom stereocenters. The van der Waals surface area contributed by atoms with Crippen LogP contribution in [0.3, 0.4) is 0 Å². The zero-order valence-electron chi connectivity index (χ0n) is 6.42. The summed E-state index contributed by atoms with van der Waals surface area (Å²) in [7, 11) is 4.75. The first-order valence-corrected chi connectivity index (χ1v) is 3.59. The Bertz CT molecular complexity index is 108. The number of unbranched alkanes of at least 4 members (excludes halogenated alkanes) is 2. The Morgan fingerprint density at radius 1 is 1.40 bits per heavy atom. The number of allylic oxidation sites excluding steroid dienone is 3. The van der Waals surface area contributed by atoms with Crippen LogP contribution in [-0.4, -0.2) is 8.05 Å². The van der Waals surface area contributed by atoms with Gasteiger partial charge in [-0.1, -0.05) is 31.9 Å². The van der Waals surface area contributed by atoms with Gasteiger partial charge < -0.3 is 4.65 Å². The molecule has 0 saturated heterocycles. The van der Waals surface area contributed by atoms with E-state index in [1.54, 1.807) is 6.08 Å². The van der Waals surface area contributed by atoms with Crippen LogP contribution in [0.2, 0.25) is 0 Å². The standard InChI is InChI=1S/C8H13BO/c1-2-3-4-5-6-7-8-10-9/h5-8H,2-4H2,1H3. The largest absolute Gasteiger partial charge is 0.573 e. The fraction of sp³-hybridized carbons (Fsp3) is 0.500. The first kappa shape index (κ1) is 9.34. The predicted octanol–water partition coefficient (Wildman–Crippen LogP) is 2.35. The quantitative estimate of drug-likeness (QED) is 0.244. The van der Waals surface area contributed by atoms with E-state index in [4.69, 9.17) is 8.05 Å². The highest BCUT2D eigenvalue weighted by Gasteiger charge is 1.74. The van der Waals surface area contributed by atoms with Gasteiger partial charge in [0.05, 0.1) is 6.26 Å². The lowest BCUT2D eigenvalue weighted by atomic mass is 10.2. The van der Waals surface area contributed by atoms with E-state index in [1.807, 2.05) is 6.08 Å². The Balaban J connectivity index is 3.11. The summed E-state index contributed by atoms with van der Waals surface area (Å²) in [4.78, 5) is 0. The Labute approximate surface area is 64.2 Å². The summed E-state index contributed by atoms with van der Waals surface area (Å²) in [5, 5.41) is 0. The van der Waals surface area contributed by atoms with Crippen molar-refractivity contribution in [1.29, 1.82) is 0 Å². The van der Waals surface area contributed by atoms with E-state index in [1.165, 1.54) is 19.1 Å². The van der Waals surface area contributed by atoms with Gasteiger partial charge in [0.2, 0.25) is 0 Å². The van der Waals surface area contributed by atoms with E-state index in [-0.39, 0.29) is 0 Å². The minimum Gasteiger partial charge on any atom is -0.573 e. The summed E-state index contributed by atoms with van der Waals surface area (Å²) < 4.78 is 4.22. The highest BCUT2D eigenvalue weighted by Crippen LogP contribution is 1.94. The maximum Gasteiger partial charge on any atom is 0.373 e. The molecule has 0 aromatic carbocycles. The lowest BCUT2D eigenvalue weighted by Gasteiger charge is -1.85. The van der Waals surface area contributed by atoms with Crippen molar-refractivity contribution < 1.29 is 4.65 Å². The highest BCUT2D eigenvalue weighted by molar-refractivity contribution is 5.98. The summed E-state index contributed by atoms with van der Waals surface area (Å²) in [6, 6.07) is 0. The van der Waals surface area contributed by atoms with E-state index in [0.29, 0.717) is 0 Å². The average Bonchev–Trinajstić information content (AvgIpc) is 1.97. The van der Waals surface area contributed by atoms with Crippen LogP contribution in [0.5, 0.6) is 0 Å². The van der Waals surface area contributed by atoms with Crippen LogP contribution in [0, 0.1) is 0 Å².